The molecule has 0 aliphatic carbocycles. The molecular formula is C10H5Cl2F3O. The Labute approximate surface area is 99.8 Å². The van der Waals surface area contributed by atoms with Gasteiger partial charge in [-0.3, -0.25) is 0 Å². The summed E-state index contributed by atoms with van der Waals surface area (Å²) in [5.74, 6) is 1.30. The van der Waals surface area contributed by atoms with Crippen molar-refractivity contribution in [2.45, 2.75) is 11.8 Å². The minimum atomic E-state index is -5.00. The summed E-state index contributed by atoms with van der Waals surface area (Å²) in [6, 6.07) is 3.07. The predicted molar refractivity (Wildman–Crippen MR) is 55.2 cm³/mol. The monoisotopic (exact) mass is 268 g/mol. The summed E-state index contributed by atoms with van der Waals surface area (Å²) in [5.41, 5.74) is -3.97. The highest BCUT2D eigenvalue weighted by atomic mass is 35.5. The normalized spacial score (nSPS) is 15.3. The molecule has 1 rings (SSSR count). The number of hydrogen-bond acceptors (Lipinski definition) is 1. The summed E-state index contributed by atoms with van der Waals surface area (Å²) in [5, 5.41) is 9.32. The third kappa shape index (κ3) is 2.27. The molecule has 0 unspecified atom stereocenters. The highest BCUT2D eigenvalue weighted by molar-refractivity contribution is 6.34. The van der Waals surface area contributed by atoms with Crippen molar-refractivity contribution in [3.8, 4) is 12.3 Å². The third-order valence-corrected chi connectivity index (χ3v) is 2.34. The van der Waals surface area contributed by atoms with Gasteiger partial charge in [0.2, 0.25) is 5.60 Å². The van der Waals surface area contributed by atoms with E-state index in [0.29, 0.717) is 0 Å². The van der Waals surface area contributed by atoms with Crippen molar-refractivity contribution >= 4 is 23.2 Å². The molecule has 0 saturated carbocycles. The van der Waals surface area contributed by atoms with Crippen molar-refractivity contribution in [1.82, 2.24) is 0 Å². The molecule has 0 aliphatic heterocycles. The molecule has 1 atom stereocenters. The van der Waals surface area contributed by atoms with Crippen LogP contribution in [0.3, 0.4) is 0 Å². The van der Waals surface area contributed by atoms with Crippen LogP contribution < -0.4 is 0 Å². The highest BCUT2D eigenvalue weighted by Crippen LogP contribution is 2.40. The molecule has 1 aromatic carbocycles. The Balaban J connectivity index is 3.41. The standard InChI is InChI=1S/C10H5Cl2F3O/c1-2-9(16,10(13,14)15)6-3-7(11)5-8(12)4-6/h1,3-5,16H/t9-/m0/s1. The molecule has 1 N–H and O–H groups in total. The van der Waals surface area contributed by atoms with Crippen molar-refractivity contribution in [2.24, 2.45) is 0 Å². The number of aliphatic hydroxyl groups is 1. The number of rotatable bonds is 1. The van der Waals surface area contributed by atoms with E-state index in [4.69, 9.17) is 29.6 Å². The quantitative estimate of drug-likeness (QED) is 0.775. The molecule has 0 aliphatic rings. The van der Waals surface area contributed by atoms with Crippen LogP contribution in [-0.4, -0.2) is 11.3 Å². The molecule has 1 nitrogen and oxygen atoms in total. The van der Waals surface area contributed by atoms with Gasteiger partial charge in [-0.1, -0.05) is 29.1 Å². The van der Waals surface area contributed by atoms with Crippen LogP contribution in [0.5, 0.6) is 0 Å². The van der Waals surface area contributed by atoms with E-state index in [1.807, 2.05) is 0 Å². The molecule has 0 spiro atoms. The van der Waals surface area contributed by atoms with E-state index in [2.05, 4.69) is 0 Å². The maximum absolute atomic E-state index is 12.6. The molecule has 0 amide bonds. The van der Waals surface area contributed by atoms with Crippen molar-refractivity contribution in [2.75, 3.05) is 0 Å². The maximum Gasteiger partial charge on any atom is 0.433 e. The lowest BCUT2D eigenvalue weighted by molar-refractivity contribution is -0.240. The molecule has 16 heavy (non-hydrogen) atoms. The first kappa shape index (κ1) is 13.2. The number of terminal acetylenes is 1. The van der Waals surface area contributed by atoms with Gasteiger partial charge in [0, 0.05) is 15.6 Å². The van der Waals surface area contributed by atoms with Gasteiger partial charge in [-0.2, -0.15) is 13.2 Å². The van der Waals surface area contributed by atoms with Gasteiger partial charge >= 0.3 is 6.18 Å². The van der Waals surface area contributed by atoms with E-state index in [0.717, 1.165) is 12.1 Å². The van der Waals surface area contributed by atoms with E-state index in [1.54, 1.807) is 0 Å². The summed E-state index contributed by atoms with van der Waals surface area (Å²) >= 11 is 11.1. The van der Waals surface area contributed by atoms with Gasteiger partial charge in [-0.05, 0) is 18.2 Å². The lowest BCUT2D eigenvalue weighted by Gasteiger charge is -2.25. The first-order chi connectivity index (χ1) is 7.20. The maximum atomic E-state index is 12.6. The zero-order chi connectivity index (χ0) is 12.6. The van der Waals surface area contributed by atoms with E-state index in [1.165, 1.54) is 12.0 Å². The second-order valence-corrected chi connectivity index (χ2v) is 3.88. The summed E-state index contributed by atoms with van der Waals surface area (Å²) in [4.78, 5) is 0. The molecule has 0 radical (unpaired) electrons. The fourth-order valence-corrected chi connectivity index (χ4v) is 1.62. The summed E-state index contributed by atoms with van der Waals surface area (Å²) in [6.45, 7) is 0. The van der Waals surface area contributed by atoms with Crippen LogP contribution in [0.4, 0.5) is 13.2 Å². The third-order valence-electron chi connectivity index (χ3n) is 1.90. The Morgan fingerprint density at radius 2 is 1.56 bits per heavy atom. The second kappa shape index (κ2) is 4.17. The van der Waals surface area contributed by atoms with Crippen molar-refractivity contribution in [1.29, 1.82) is 0 Å². The predicted octanol–water partition coefficient (Wildman–Crippen LogP) is 3.38. The zero-order valence-electron chi connectivity index (χ0n) is 7.65. The van der Waals surface area contributed by atoms with Gasteiger partial charge in [0.1, 0.15) is 0 Å². The smallest absolute Gasteiger partial charge is 0.366 e. The first-order valence-corrected chi connectivity index (χ1v) is 4.70. The molecule has 86 valence electrons. The van der Waals surface area contributed by atoms with Crippen LogP contribution >= 0.6 is 23.2 Å². The molecular weight excluding hydrogens is 264 g/mol. The summed E-state index contributed by atoms with van der Waals surface area (Å²) in [7, 11) is 0. The molecule has 0 fully saturated rings. The van der Waals surface area contributed by atoms with Crippen LogP contribution in [0.2, 0.25) is 10.0 Å². The molecule has 0 bridgehead atoms. The fraction of sp³-hybridized carbons (Fsp3) is 0.200. The van der Waals surface area contributed by atoms with Crippen LogP contribution in [0, 0.1) is 12.3 Å². The molecule has 1 aromatic rings. The Bertz CT molecular complexity index is 430. The average Bonchev–Trinajstić information content (AvgIpc) is 2.13. The van der Waals surface area contributed by atoms with Crippen molar-refractivity contribution in [3.63, 3.8) is 0 Å². The highest BCUT2D eigenvalue weighted by Gasteiger charge is 2.54. The molecule has 6 heteroatoms. The topological polar surface area (TPSA) is 20.2 Å². The summed E-state index contributed by atoms with van der Waals surface area (Å²) in [6.07, 6.45) is -0.285. The average molecular weight is 269 g/mol. The Morgan fingerprint density at radius 1 is 1.12 bits per heavy atom. The SMILES string of the molecule is C#C[C@](O)(c1cc(Cl)cc(Cl)c1)C(F)(F)F. The van der Waals surface area contributed by atoms with E-state index in [9.17, 15) is 18.3 Å². The minimum absolute atomic E-state index is 0.0413. The number of hydrogen-bond donors (Lipinski definition) is 1. The number of alkyl halides is 3. The number of benzene rings is 1. The molecule has 0 aromatic heterocycles. The van der Waals surface area contributed by atoms with Gasteiger partial charge in [-0.25, -0.2) is 0 Å². The van der Waals surface area contributed by atoms with Gasteiger partial charge in [-0.15, -0.1) is 6.42 Å². The van der Waals surface area contributed by atoms with Gasteiger partial charge < -0.3 is 5.11 Å². The Morgan fingerprint density at radius 3 is 1.88 bits per heavy atom. The molecule has 0 saturated heterocycles. The largest absolute Gasteiger partial charge is 0.433 e. The van der Waals surface area contributed by atoms with Crippen LogP contribution in [0.15, 0.2) is 18.2 Å². The van der Waals surface area contributed by atoms with Crippen LogP contribution in [0.1, 0.15) is 5.56 Å². The number of halogens is 5. The second-order valence-electron chi connectivity index (χ2n) is 3.01. The van der Waals surface area contributed by atoms with E-state index in [-0.39, 0.29) is 10.0 Å². The zero-order valence-corrected chi connectivity index (χ0v) is 9.16. The Kier molecular flexibility index (Phi) is 3.44. The fourth-order valence-electron chi connectivity index (χ4n) is 1.09. The van der Waals surface area contributed by atoms with E-state index >= 15 is 0 Å². The Hall–Kier alpha value is -0.890. The summed E-state index contributed by atoms with van der Waals surface area (Å²) < 4.78 is 37.7. The van der Waals surface area contributed by atoms with Gasteiger partial charge in [0.25, 0.3) is 0 Å². The van der Waals surface area contributed by atoms with Crippen molar-refractivity contribution in [3.05, 3.63) is 33.8 Å². The lowest BCUT2D eigenvalue weighted by atomic mass is 9.94. The molecule has 0 heterocycles. The first-order valence-electron chi connectivity index (χ1n) is 3.94. The van der Waals surface area contributed by atoms with Gasteiger partial charge in [0.15, 0.2) is 0 Å². The van der Waals surface area contributed by atoms with Crippen LogP contribution in [0.25, 0.3) is 0 Å². The lowest BCUT2D eigenvalue weighted by Crippen LogP contribution is -2.40. The van der Waals surface area contributed by atoms with Gasteiger partial charge in [0.05, 0.1) is 0 Å². The van der Waals surface area contributed by atoms with E-state index < -0.39 is 17.3 Å². The van der Waals surface area contributed by atoms with Crippen molar-refractivity contribution < 1.29 is 18.3 Å². The minimum Gasteiger partial charge on any atom is -0.366 e. The van der Waals surface area contributed by atoms with Crippen LogP contribution in [-0.2, 0) is 5.60 Å².